The monoisotopic (exact) mass is 379 g/mol. The topological polar surface area (TPSA) is 45.6 Å². The van der Waals surface area contributed by atoms with Gasteiger partial charge in [0.1, 0.15) is 6.54 Å². The van der Waals surface area contributed by atoms with Crippen LogP contribution in [0.5, 0.6) is 0 Å². The average molecular weight is 380 g/mol. The van der Waals surface area contributed by atoms with Gasteiger partial charge in [-0.05, 0) is 30.5 Å². The van der Waals surface area contributed by atoms with Crippen molar-refractivity contribution < 1.29 is 9.59 Å². The molecule has 2 amide bonds. The fraction of sp³-hybridized carbons (Fsp3) is 0.391. The maximum Gasteiger partial charge on any atom is 0.242 e. The Kier molecular flexibility index (Phi) is 6.69. The molecule has 1 aromatic heterocycles. The van der Waals surface area contributed by atoms with Gasteiger partial charge in [-0.3, -0.25) is 9.59 Å². The summed E-state index contributed by atoms with van der Waals surface area (Å²) in [5.74, 6) is 0.112. The molecule has 1 aromatic carbocycles. The third-order valence-corrected chi connectivity index (χ3v) is 5.41. The van der Waals surface area contributed by atoms with E-state index < -0.39 is 0 Å². The zero-order chi connectivity index (χ0) is 19.9. The van der Waals surface area contributed by atoms with E-state index in [0.29, 0.717) is 19.6 Å². The molecule has 0 spiro atoms. The van der Waals surface area contributed by atoms with Crippen LogP contribution < -0.4 is 0 Å². The molecule has 1 aliphatic rings. The van der Waals surface area contributed by atoms with Crippen LogP contribution >= 0.6 is 0 Å². The fourth-order valence-electron chi connectivity index (χ4n) is 3.46. The zero-order valence-electron chi connectivity index (χ0n) is 16.6. The second-order valence-electron chi connectivity index (χ2n) is 7.48. The molecular weight excluding hydrogens is 350 g/mol. The van der Waals surface area contributed by atoms with Crippen LogP contribution in [0, 0.1) is 5.92 Å². The van der Waals surface area contributed by atoms with Crippen LogP contribution in [0.15, 0.2) is 61.3 Å². The maximum atomic E-state index is 13.2. The summed E-state index contributed by atoms with van der Waals surface area (Å²) >= 11 is 0. The largest absolute Gasteiger partial charge is 0.353 e. The Morgan fingerprint density at radius 1 is 1.11 bits per heavy atom. The summed E-state index contributed by atoms with van der Waals surface area (Å²) in [6.45, 7) is 5.29. The predicted molar refractivity (Wildman–Crippen MR) is 110 cm³/mol. The van der Waals surface area contributed by atoms with E-state index in [9.17, 15) is 9.59 Å². The summed E-state index contributed by atoms with van der Waals surface area (Å²) in [6.07, 6.45) is 6.63. The molecule has 1 saturated carbocycles. The van der Waals surface area contributed by atoms with Crippen LogP contribution in [-0.2, 0) is 29.7 Å². The lowest BCUT2D eigenvalue weighted by Gasteiger charge is -2.32. The summed E-state index contributed by atoms with van der Waals surface area (Å²) in [5, 5.41) is 0. The summed E-state index contributed by atoms with van der Waals surface area (Å²) in [5.41, 5.74) is 2.13. The van der Waals surface area contributed by atoms with Gasteiger partial charge in [0.05, 0.1) is 6.54 Å². The summed E-state index contributed by atoms with van der Waals surface area (Å²) in [6, 6.07) is 14.0. The molecule has 0 saturated heterocycles. The number of carbonyl (C=O) groups is 2. The van der Waals surface area contributed by atoms with Gasteiger partial charge in [-0.25, -0.2) is 0 Å². The first-order chi connectivity index (χ1) is 13.6. The van der Waals surface area contributed by atoms with Gasteiger partial charge < -0.3 is 14.4 Å². The molecule has 0 N–H and O–H groups in total. The van der Waals surface area contributed by atoms with Gasteiger partial charge in [-0.1, -0.05) is 42.8 Å². The second kappa shape index (κ2) is 9.40. The van der Waals surface area contributed by atoms with E-state index in [1.165, 1.54) is 0 Å². The van der Waals surface area contributed by atoms with Crippen molar-refractivity contribution in [2.75, 3.05) is 13.1 Å². The highest BCUT2D eigenvalue weighted by Crippen LogP contribution is 2.28. The number of amides is 2. The van der Waals surface area contributed by atoms with Crippen LogP contribution in [-0.4, -0.2) is 39.3 Å². The van der Waals surface area contributed by atoms with E-state index in [4.69, 9.17) is 0 Å². The molecule has 28 heavy (non-hydrogen) atoms. The normalized spacial score (nSPS) is 13.6. The molecule has 5 heteroatoms. The number of aryl methyl sites for hydroxylation is 1. The summed E-state index contributed by atoms with van der Waals surface area (Å²) < 4.78 is 2.02. The van der Waals surface area contributed by atoms with Gasteiger partial charge in [0, 0.05) is 37.9 Å². The number of rotatable bonds is 9. The van der Waals surface area contributed by atoms with E-state index in [1.54, 1.807) is 11.0 Å². The van der Waals surface area contributed by atoms with Crippen LogP contribution in [0.4, 0.5) is 0 Å². The van der Waals surface area contributed by atoms with Crippen LogP contribution in [0.1, 0.15) is 30.5 Å². The van der Waals surface area contributed by atoms with Crippen LogP contribution in [0.3, 0.4) is 0 Å². The Morgan fingerprint density at radius 3 is 2.43 bits per heavy atom. The van der Waals surface area contributed by atoms with Crippen molar-refractivity contribution in [2.24, 2.45) is 13.0 Å². The molecule has 3 rings (SSSR count). The first-order valence-corrected chi connectivity index (χ1v) is 9.90. The standard InChI is InChI=1S/C23H29N3O2/c1-3-14-25(23(28)20-11-7-12-20)18-22(27)26(16-19-9-5-4-6-10-19)17-21-13-8-15-24(21)2/h3-6,8-10,13,15,20H,1,7,11-12,14,16-18H2,2H3. The van der Waals surface area contributed by atoms with Gasteiger partial charge in [-0.15, -0.1) is 6.58 Å². The van der Waals surface area contributed by atoms with Crippen molar-refractivity contribution in [3.63, 3.8) is 0 Å². The number of nitrogens with zero attached hydrogens (tertiary/aromatic N) is 3. The van der Waals surface area contributed by atoms with Gasteiger partial charge in [0.15, 0.2) is 0 Å². The molecule has 0 aliphatic heterocycles. The number of hydrogen-bond donors (Lipinski definition) is 0. The van der Waals surface area contributed by atoms with E-state index in [1.807, 2.05) is 65.2 Å². The zero-order valence-corrected chi connectivity index (χ0v) is 16.6. The van der Waals surface area contributed by atoms with Gasteiger partial charge in [0.25, 0.3) is 0 Å². The number of aromatic nitrogens is 1. The van der Waals surface area contributed by atoms with E-state index in [2.05, 4.69) is 6.58 Å². The lowest BCUT2D eigenvalue weighted by Crippen LogP contribution is -2.45. The van der Waals surface area contributed by atoms with Crippen molar-refractivity contribution >= 4 is 11.8 Å². The third kappa shape index (κ3) is 4.91. The molecule has 0 bridgehead atoms. The van der Waals surface area contributed by atoms with Crippen molar-refractivity contribution in [3.8, 4) is 0 Å². The first-order valence-electron chi connectivity index (χ1n) is 9.90. The van der Waals surface area contributed by atoms with Gasteiger partial charge in [-0.2, -0.15) is 0 Å². The van der Waals surface area contributed by atoms with E-state index >= 15 is 0 Å². The Balaban J connectivity index is 1.74. The minimum absolute atomic E-state index is 0.0421. The lowest BCUT2D eigenvalue weighted by molar-refractivity contribution is -0.144. The Hall–Kier alpha value is -2.82. The number of hydrogen-bond acceptors (Lipinski definition) is 2. The molecule has 1 aliphatic carbocycles. The molecule has 0 radical (unpaired) electrons. The SMILES string of the molecule is C=CCN(CC(=O)N(Cc1ccccc1)Cc1cccn1C)C(=O)C1CCC1. The van der Waals surface area contributed by atoms with Crippen molar-refractivity contribution in [1.29, 1.82) is 0 Å². The summed E-state index contributed by atoms with van der Waals surface area (Å²) in [7, 11) is 1.98. The van der Waals surface area contributed by atoms with E-state index in [0.717, 1.165) is 30.5 Å². The van der Waals surface area contributed by atoms with Crippen LogP contribution in [0.25, 0.3) is 0 Å². The van der Waals surface area contributed by atoms with Crippen LogP contribution in [0.2, 0.25) is 0 Å². The lowest BCUT2D eigenvalue weighted by atomic mass is 9.84. The number of carbonyl (C=O) groups excluding carboxylic acids is 2. The Morgan fingerprint density at radius 2 is 1.86 bits per heavy atom. The van der Waals surface area contributed by atoms with E-state index in [-0.39, 0.29) is 24.3 Å². The third-order valence-electron chi connectivity index (χ3n) is 5.41. The summed E-state index contributed by atoms with van der Waals surface area (Å²) in [4.78, 5) is 29.4. The minimum atomic E-state index is -0.0421. The minimum Gasteiger partial charge on any atom is -0.353 e. The van der Waals surface area contributed by atoms with Crippen molar-refractivity contribution in [2.45, 2.75) is 32.4 Å². The fourth-order valence-corrected chi connectivity index (χ4v) is 3.46. The molecule has 1 heterocycles. The molecular formula is C23H29N3O2. The molecule has 148 valence electrons. The van der Waals surface area contributed by atoms with Gasteiger partial charge in [0.2, 0.25) is 11.8 Å². The quantitative estimate of drug-likeness (QED) is 0.627. The smallest absolute Gasteiger partial charge is 0.242 e. The molecule has 2 aromatic rings. The number of benzene rings is 1. The maximum absolute atomic E-state index is 13.2. The molecule has 5 nitrogen and oxygen atoms in total. The second-order valence-corrected chi connectivity index (χ2v) is 7.48. The molecule has 1 fully saturated rings. The van der Waals surface area contributed by atoms with Crippen molar-refractivity contribution in [3.05, 3.63) is 72.6 Å². The Labute approximate surface area is 167 Å². The highest BCUT2D eigenvalue weighted by atomic mass is 16.2. The molecule has 0 atom stereocenters. The highest BCUT2D eigenvalue weighted by Gasteiger charge is 2.30. The molecule has 0 unspecified atom stereocenters. The van der Waals surface area contributed by atoms with Crippen molar-refractivity contribution in [1.82, 2.24) is 14.4 Å². The average Bonchev–Trinajstić information content (AvgIpc) is 3.05. The Bertz CT molecular complexity index is 808. The predicted octanol–water partition coefficient (Wildman–Crippen LogP) is 3.37. The first kappa shape index (κ1) is 19.9. The highest BCUT2D eigenvalue weighted by molar-refractivity contribution is 5.86. The van der Waals surface area contributed by atoms with Gasteiger partial charge >= 0.3 is 0 Å².